The largest absolute Gasteiger partial charge is 0.465 e. The van der Waals surface area contributed by atoms with Gasteiger partial charge in [0.1, 0.15) is 5.82 Å². The first-order valence-electron chi connectivity index (χ1n) is 4.18. The molecule has 2 rings (SSSR count). The van der Waals surface area contributed by atoms with E-state index in [9.17, 15) is 9.18 Å². The van der Waals surface area contributed by atoms with E-state index in [2.05, 4.69) is 9.72 Å². The molecule has 0 bridgehead atoms. The van der Waals surface area contributed by atoms with Gasteiger partial charge in [-0.25, -0.2) is 9.18 Å². The van der Waals surface area contributed by atoms with Gasteiger partial charge in [0, 0.05) is 11.6 Å². The molecule has 78 valence electrons. The molecular formula is C10H7ClFNO2. The fourth-order valence-corrected chi connectivity index (χ4v) is 1.70. The monoisotopic (exact) mass is 227 g/mol. The van der Waals surface area contributed by atoms with Crippen molar-refractivity contribution in [2.24, 2.45) is 0 Å². The molecule has 1 N–H and O–H groups in total. The lowest BCUT2D eigenvalue weighted by atomic mass is 10.2. The summed E-state index contributed by atoms with van der Waals surface area (Å²) >= 11 is 5.88. The Hall–Kier alpha value is -1.55. The third-order valence-electron chi connectivity index (χ3n) is 2.14. The first kappa shape index (κ1) is 9.98. The Morgan fingerprint density at radius 1 is 1.53 bits per heavy atom. The topological polar surface area (TPSA) is 42.1 Å². The molecule has 5 heteroatoms. The SMILES string of the molecule is COC(=O)c1c[nH]c2c(F)ccc(Cl)c12. The first-order valence-corrected chi connectivity index (χ1v) is 4.56. The highest BCUT2D eigenvalue weighted by Gasteiger charge is 2.16. The van der Waals surface area contributed by atoms with Gasteiger partial charge in [-0.05, 0) is 12.1 Å². The lowest BCUT2D eigenvalue weighted by Gasteiger charge is -1.99. The zero-order valence-corrected chi connectivity index (χ0v) is 8.56. The summed E-state index contributed by atoms with van der Waals surface area (Å²) in [5, 5.41) is 0.663. The van der Waals surface area contributed by atoms with Gasteiger partial charge in [-0.2, -0.15) is 0 Å². The number of benzene rings is 1. The third-order valence-corrected chi connectivity index (χ3v) is 2.45. The van der Waals surface area contributed by atoms with Gasteiger partial charge < -0.3 is 9.72 Å². The Balaban J connectivity index is 2.79. The van der Waals surface area contributed by atoms with Gasteiger partial charge >= 0.3 is 5.97 Å². The van der Waals surface area contributed by atoms with E-state index in [0.717, 1.165) is 0 Å². The van der Waals surface area contributed by atoms with Crippen molar-refractivity contribution in [1.82, 2.24) is 4.98 Å². The number of hydrogen-bond acceptors (Lipinski definition) is 2. The molecule has 0 amide bonds. The van der Waals surface area contributed by atoms with E-state index in [-0.39, 0.29) is 11.1 Å². The Kier molecular flexibility index (Phi) is 2.36. The molecule has 0 fully saturated rings. The van der Waals surface area contributed by atoms with E-state index in [4.69, 9.17) is 11.6 Å². The maximum Gasteiger partial charge on any atom is 0.340 e. The van der Waals surface area contributed by atoms with Crippen LogP contribution >= 0.6 is 11.6 Å². The minimum absolute atomic E-state index is 0.211. The molecule has 0 saturated heterocycles. The van der Waals surface area contributed by atoms with Crippen LogP contribution in [0.1, 0.15) is 10.4 Å². The van der Waals surface area contributed by atoms with E-state index in [1.54, 1.807) is 0 Å². The van der Waals surface area contributed by atoms with Crippen molar-refractivity contribution in [3.8, 4) is 0 Å². The number of hydrogen-bond donors (Lipinski definition) is 1. The normalized spacial score (nSPS) is 10.6. The highest BCUT2D eigenvalue weighted by atomic mass is 35.5. The van der Waals surface area contributed by atoms with Crippen LogP contribution < -0.4 is 0 Å². The molecule has 2 aromatic rings. The van der Waals surface area contributed by atoms with E-state index in [1.165, 1.54) is 25.4 Å². The van der Waals surface area contributed by atoms with E-state index in [1.807, 2.05) is 0 Å². The Morgan fingerprint density at radius 2 is 2.27 bits per heavy atom. The molecule has 15 heavy (non-hydrogen) atoms. The molecule has 0 aliphatic heterocycles. The highest BCUT2D eigenvalue weighted by molar-refractivity contribution is 6.36. The van der Waals surface area contributed by atoms with Crippen LogP contribution in [0.3, 0.4) is 0 Å². The van der Waals surface area contributed by atoms with Gasteiger partial charge in [-0.15, -0.1) is 0 Å². The molecule has 0 aliphatic rings. The summed E-state index contributed by atoms with van der Waals surface area (Å²) in [6.07, 6.45) is 1.38. The zero-order chi connectivity index (χ0) is 11.0. The highest BCUT2D eigenvalue weighted by Crippen LogP contribution is 2.28. The van der Waals surface area contributed by atoms with Crippen LogP contribution in [0.4, 0.5) is 4.39 Å². The van der Waals surface area contributed by atoms with Gasteiger partial charge in [0.05, 0.1) is 23.2 Å². The van der Waals surface area contributed by atoms with Crippen molar-refractivity contribution < 1.29 is 13.9 Å². The molecule has 0 radical (unpaired) electrons. The van der Waals surface area contributed by atoms with Crippen molar-refractivity contribution in [2.75, 3.05) is 7.11 Å². The minimum atomic E-state index is -0.547. The number of carbonyl (C=O) groups excluding carboxylic acids is 1. The van der Waals surface area contributed by atoms with Gasteiger partial charge in [-0.3, -0.25) is 0 Å². The summed E-state index contributed by atoms with van der Waals surface area (Å²) in [6.45, 7) is 0. The van der Waals surface area contributed by atoms with E-state index >= 15 is 0 Å². The van der Waals surface area contributed by atoms with Crippen LogP contribution in [0, 0.1) is 5.82 Å². The number of fused-ring (bicyclic) bond motifs is 1. The van der Waals surface area contributed by atoms with E-state index in [0.29, 0.717) is 10.4 Å². The van der Waals surface area contributed by atoms with Crippen LogP contribution in [-0.2, 0) is 4.74 Å². The molecular weight excluding hydrogens is 221 g/mol. The number of H-pyrrole nitrogens is 1. The maximum absolute atomic E-state index is 13.3. The summed E-state index contributed by atoms with van der Waals surface area (Å²) in [5.74, 6) is -1.00. The number of ether oxygens (including phenoxy) is 1. The summed E-state index contributed by atoms with van der Waals surface area (Å²) < 4.78 is 17.9. The van der Waals surface area contributed by atoms with Gasteiger partial charge in [0.15, 0.2) is 0 Å². The predicted octanol–water partition coefficient (Wildman–Crippen LogP) is 2.75. The number of halogens is 2. The Morgan fingerprint density at radius 3 is 2.93 bits per heavy atom. The molecule has 3 nitrogen and oxygen atoms in total. The summed E-state index contributed by atoms with van der Waals surface area (Å²) in [7, 11) is 1.26. The number of esters is 1. The fraction of sp³-hybridized carbons (Fsp3) is 0.100. The van der Waals surface area contributed by atoms with Gasteiger partial charge in [0.25, 0.3) is 0 Å². The standard InChI is InChI=1S/C10H7ClFNO2/c1-15-10(14)5-4-13-9-7(12)3-2-6(11)8(5)9/h2-4,13H,1H3. The van der Waals surface area contributed by atoms with Crippen molar-refractivity contribution in [3.63, 3.8) is 0 Å². The van der Waals surface area contributed by atoms with Crippen LogP contribution in [-0.4, -0.2) is 18.1 Å². The molecule has 0 spiro atoms. The summed E-state index contributed by atoms with van der Waals surface area (Å²) in [4.78, 5) is 14.0. The average Bonchev–Trinajstić information content (AvgIpc) is 2.68. The van der Waals surface area contributed by atoms with Crippen LogP contribution in [0.5, 0.6) is 0 Å². The average molecular weight is 228 g/mol. The third kappa shape index (κ3) is 1.47. The van der Waals surface area contributed by atoms with Gasteiger partial charge in [0.2, 0.25) is 0 Å². The second-order valence-corrected chi connectivity index (χ2v) is 3.38. The Bertz CT molecular complexity index is 535. The quantitative estimate of drug-likeness (QED) is 0.762. The molecule has 1 heterocycles. The van der Waals surface area contributed by atoms with Crippen LogP contribution in [0.15, 0.2) is 18.3 Å². The second kappa shape index (κ2) is 3.55. The van der Waals surface area contributed by atoms with Crippen LogP contribution in [0.2, 0.25) is 5.02 Å². The number of aromatic amines is 1. The van der Waals surface area contributed by atoms with Crippen molar-refractivity contribution in [1.29, 1.82) is 0 Å². The smallest absolute Gasteiger partial charge is 0.340 e. The molecule has 1 aromatic carbocycles. The zero-order valence-electron chi connectivity index (χ0n) is 7.80. The molecule has 0 atom stereocenters. The molecule has 0 unspecified atom stereocenters. The summed E-state index contributed by atoms with van der Waals surface area (Å²) in [6, 6.07) is 2.64. The minimum Gasteiger partial charge on any atom is -0.465 e. The number of rotatable bonds is 1. The Labute approximate surface area is 89.8 Å². The van der Waals surface area contributed by atoms with Crippen molar-refractivity contribution >= 4 is 28.5 Å². The number of carbonyl (C=O) groups is 1. The fourth-order valence-electron chi connectivity index (χ4n) is 1.44. The second-order valence-electron chi connectivity index (χ2n) is 2.97. The molecule has 1 aromatic heterocycles. The van der Waals surface area contributed by atoms with E-state index < -0.39 is 11.8 Å². The summed E-state index contributed by atoms with van der Waals surface area (Å²) in [5.41, 5.74) is 0.444. The molecule has 0 aliphatic carbocycles. The molecule has 0 saturated carbocycles. The number of nitrogens with one attached hydrogen (secondary N) is 1. The maximum atomic E-state index is 13.3. The van der Waals surface area contributed by atoms with Crippen molar-refractivity contribution in [2.45, 2.75) is 0 Å². The predicted molar refractivity (Wildman–Crippen MR) is 54.6 cm³/mol. The van der Waals surface area contributed by atoms with Crippen LogP contribution in [0.25, 0.3) is 10.9 Å². The number of aromatic nitrogens is 1. The number of methoxy groups -OCH3 is 1. The van der Waals surface area contributed by atoms with Crippen molar-refractivity contribution in [3.05, 3.63) is 34.7 Å². The first-order chi connectivity index (χ1) is 7.15. The van der Waals surface area contributed by atoms with Gasteiger partial charge in [-0.1, -0.05) is 11.6 Å². The lowest BCUT2D eigenvalue weighted by molar-refractivity contribution is 0.0603. The lowest BCUT2D eigenvalue weighted by Crippen LogP contribution is -1.99.